The van der Waals surface area contributed by atoms with E-state index in [1.807, 2.05) is 10.8 Å². The largest absolute Gasteiger partial charge is 0.317 e. The van der Waals surface area contributed by atoms with Gasteiger partial charge in [-0.25, -0.2) is 9.37 Å². The predicted molar refractivity (Wildman–Crippen MR) is 73.4 cm³/mol. The molecule has 1 aromatic heterocycles. The van der Waals surface area contributed by atoms with Crippen molar-refractivity contribution in [2.75, 3.05) is 13.1 Å². The first-order valence-corrected chi connectivity index (χ1v) is 6.82. The summed E-state index contributed by atoms with van der Waals surface area (Å²) < 4.78 is 15.8. The van der Waals surface area contributed by atoms with E-state index in [4.69, 9.17) is 11.6 Å². The molecule has 0 amide bonds. The molecule has 1 aliphatic rings. The molecule has 0 bridgehead atoms. The van der Waals surface area contributed by atoms with Crippen LogP contribution in [0.25, 0.3) is 5.69 Å². The quantitative estimate of drug-likeness (QED) is 0.915. The van der Waals surface area contributed by atoms with Crippen LogP contribution in [0.15, 0.2) is 30.7 Å². The molecule has 1 N–H and O–H groups in total. The number of aromatic nitrogens is 2. The van der Waals surface area contributed by atoms with E-state index in [9.17, 15) is 4.39 Å². The lowest BCUT2D eigenvalue weighted by Crippen LogP contribution is -2.27. The number of nitrogens with one attached hydrogen (secondary N) is 1. The molecular formula is C14H15ClFN3. The molecule has 0 atom stereocenters. The number of nitrogens with zero attached hydrogens (tertiary/aromatic N) is 2. The van der Waals surface area contributed by atoms with Crippen molar-refractivity contribution in [1.82, 2.24) is 14.9 Å². The van der Waals surface area contributed by atoms with Crippen LogP contribution in [0.5, 0.6) is 0 Å². The number of hydrogen-bond acceptors (Lipinski definition) is 2. The Kier molecular flexibility index (Phi) is 3.53. The van der Waals surface area contributed by atoms with E-state index in [1.54, 1.807) is 18.5 Å². The summed E-state index contributed by atoms with van der Waals surface area (Å²) in [4.78, 5) is 4.18. The number of rotatable bonds is 2. The minimum Gasteiger partial charge on any atom is -0.317 e. The van der Waals surface area contributed by atoms with Gasteiger partial charge in [0.25, 0.3) is 0 Å². The third-order valence-electron chi connectivity index (χ3n) is 3.59. The standard InChI is InChI=1S/C14H15ClFN3/c15-11-1-2-12(16)13(7-11)19-9-18-8-14(19)10-3-5-17-6-4-10/h1-2,7-10,17H,3-6H2. The van der Waals surface area contributed by atoms with Gasteiger partial charge in [0.05, 0.1) is 12.0 Å². The van der Waals surface area contributed by atoms with Crippen molar-refractivity contribution >= 4 is 11.6 Å². The highest BCUT2D eigenvalue weighted by molar-refractivity contribution is 6.30. The SMILES string of the molecule is Fc1ccc(Cl)cc1-n1cncc1C1CCNCC1. The van der Waals surface area contributed by atoms with Crippen LogP contribution in [0.4, 0.5) is 4.39 Å². The van der Waals surface area contributed by atoms with E-state index in [0.717, 1.165) is 31.6 Å². The van der Waals surface area contributed by atoms with Crippen LogP contribution in [0, 0.1) is 5.82 Å². The zero-order valence-electron chi connectivity index (χ0n) is 10.4. The second kappa shape index (κ2) is 5.31. The van der Waals surface area contributed by atoms with Gasteiger partial charge in [-0.2, -0.15) is 0 Å². The Labute approximate surface area is 116 Å². The molecule has 1 fully saturated rings. The summed E-state index contributed by atoms with van der Waals surface area (Å²) in [5, 5.41) is 3.86. The summed E-state index contributed by atoms with van der Waals surface area (Å²) in [6.45, 7) is 1.99. The fourth-order valence-electron chi connectivity index (χ4n) is 2.60. The van der Waals surface area contributed by atoms with Crippen molar-refractivity contribution < 1.29 is 4.39 Å². The summed E-state index contributed by atoms with van der Waals surface area (Å²) in [7, 11) is 0. The van der Waals surface area contributed by atoms with E-state index in [1.165, 1.54) is 6.07 Å². The van der Waals surface area contributed by atoms with Gasteiger partial charge >= 0.3 is 0 Å². The molecule has 19 heavy (non-hydrogen) atoms. The summed E-state index contributed by atoms with van der Waals surface area (Å²) >= 11 is 5.96. The lowest BCUT2D eigenvalue weighted by Gasteiger charge is -2.23. The van der Waals surface area contributed by atoms with Crippen LogP contribution in [0.1, 0.15) is 24.5 Å². The molecule has 5 heteroatoms. The van der Waals surface area contributed by atoms with Gasteiger partial charge in [0.1, 0.15) is 5.82 Å². The Balaban J connectivity index is 2.01. The molecule has 3 nitrogen and oxygen atoms in total. The fraction of sp³-hybridized carbons (Fsp3) is 0.357. The maximum atomic E-state index is 14.0. The number of imidazole rings is 1. The van der Waals surface area contributed by atoms with Crippen LogP contribution < -0.4 is 5.32 Å². The smallest absolute Gasteiger partial charge is 0.147 e. The fourth-order valence-corrected chi connectivity index (χ4v) is 2.76. The van der Waals surface area contributed by atoms with Gasteiger partial charge in [0, 0.05) is 22.8 Å². The summed E-state index contributed by atoms with van der Waals surface area (Å²) in [5.41, 5.74) is 1.53. The Bertz CT molecular complexity index is 576. The molecule has 0 aliphatic carbocycles. The monoisotopic (exact) mass is 279 g/mol. The molecule has 1 aromatic carbocycles. The van der Waals surface area contributed by atoms with Crippen LogP contribution in [0.3, 0.4) is 0 Å². The van der Waals surface area contributed by atoms with Gasteiger partial charge in [-0.05, 0) is 44.1 Å². The van der Waals surface area contributed by atoms with Crippen molar-refractivity contribution in [2.45, 2.75) is 18.8 Å². The van der Waals surface area contributed by atoms with Crippen LogP contribution >= 0.6 is 11.6 Å². The molecule has 3 rings (SSSR count). The number of benzene rings is 1. The second-order valence-electron chi connectivity index (χ2n) is 4.81. The number of hydrogen-bond donors (Lipinski definition) is 1. The van der Waals surface area contributed by atoms with Crippen LogP contribution in [-0.2, 0) is 0 Å². The van der Waals surface area contributed by atoms with Gasteiger partial charge in [0.15, 0.2) is 0 Å². The topological polar surface area (TPSA) is 29.9 Å². The average Bonchev–Trinajstić information content (AvgIpc) is 2.91. The highest BCUT2D eigenvalue weighted by atomic mass is 35.5. The Hall–Kier alpha value is -1.39. The molecule has 2 heterocycles. The molecule has 2 aromatic rings. The summed E-state index contributed by atoms with van der Waals surface area (Å²) in [6, 6.07) is 4.59. The van der Waals surface area contributed by atoms with Crippen molar-refractivity contribution in [3.63, 3.8) is 0 Å². The normalized spacial score (nSPS) is 16.7. The van der Waals surface area contributed by atoms with E-state index in [2.05, 4.69) is 10.3 Å². The Morgan fingerprint density at radius 3 is 2.89 bits per heavy atom. The first-order chi connectivity index (χ1) is 9.25. The maximum absolute atomic E-state index is 14.0. The van der Waals surface area contributed by atoms with E-state index in [0.29, 0.717) is 16.6 Å². The van der Waals surface area contributed by atoms with E-state index < -0.39 is 0 Å². The molecule has 0 saturated carbocycles. The Morgan fingerprint density at radius 2 is 2.11 bits per heavy atom. The highest BCUT2D eigenvalue weighted by Gasteiger charge is 2.20. The summed E-state index contributed by atoms with van der Waals surface area (Å²) in [6.07, 6.45) is 5.59. The van der Waals surface area contributed by atoms with Crippen molar-refractivity contribution in [1.29, 1.82) is 0 Å². The zero-order valence-corrected chi connectivity index (χ0v) is 11.2. The maximum Gasteiger partial charge on any atom is 0.147 e. The van der Waals surface area contributed by atoms with Gasteiger partial charge in [-0.1, -0.05) is 11.6 Å². The van der Waals surface area contributed by atoms with E-state index >= 15 is 0 Å². The molecule has 0 spiro atoms. The van der Waals surface area contributed by atoms with Gasteiger partial charge < -0.3 is 9.88 Å². The number of halogens is 2. The molecule has 1 saturated heterocycles. The molecule has 0 unspecified atom stereocenters. The van der Waals surface area contributed by atoms with Gasteiger partial charge in [0.2, 0.25) is 0 Å². The zero-order chi connectivity index (χ0) is 13.2. The highest BCUT2D eigenvalue weighted by Crippen LogP contribution is 2.28. The summed E-state index contributed by atoms with van der Waals surface area (Å²) in [5.74, 6) is 0.139. The van der Waals surface area contributed by atoms with Crippen LogP contribution in [0.2, 0.25) is 5.02 Å². The minimum absolute atomic E-state index is 0.280. The lowest BCUT2D eigenvalue weighted by molar-refractivity contribution is 0.448. The molecule has 0 radical (unpaired) electrons. The van der Waals surface area contributed by atoms with Gasteiger partial charge in [-0.15, -0.1) is 0 Å². The first-order valence-electron chi connectivity index (χ1n) is 6.44. The predicted octanol–water partition coefficient (Wildman–Crippen LogP) is 3.13. The van der Waals surface area contributed by atoms with Crippen molar-refractivity contribution in [2.24, 2.45) is 0 Å². The molecular weight excluding hydrogens is 265 g/mol. The molecule has 100 valence electrons. The molecule has 1 aliphatic heterocycles. The Morgan fingerprint density at radius 1 is 1.32 bits per heavy atom. The van der Waals surface area contributed by atoms with Gasteiger partial charge in [-0.3, -0.25) is 0 Å². The number of piperidine rings is 1. The van der Waals surface area contributed by atoms with Crippen molar-refractivity contribution in [3.05, 3.63) is 47.3 Å². The van der Waals surface area contributed by atoms with E-state index in [-0.39, 0.29) is 5.82 Å². The average molecular weight is 280 g/mol. The van der Waals surface area contributed by atoms with Crippen molar-refractivity contribution in [3.8, 4) is 5.69 Å². The second-order valence-corrected chi connectivity index (χ2v) is 5.24. The third kappa shape index (κ3) is 2.51. The minimum atomic E-state index is -0.280. The lowest BCUT2D eigenvalue weighted by atomic mass is 9.95. The first kappa shape index (κ1) is 12.6. The third-order valence-corrected chi connectivity index (χ3v) is 3.83. The van der Waals surface area contributed by atoms with Crippen LogP contribution in [-0.4, -0.2) is 22.6 Å².